The largest absolute Gasteiger partial charge is 0.383 e. The summed E-state index contributed by atoms with van der Waals surface area (Å²) in [4.78, 5) is 0. The molecular weight excluding hydrogens is 302 g/mol. The number of aromatic nitrogens is 4. The monoisotopic (exact) mass is 321 g/mol. The molecule has 0 bridgehead atoms. The van der Waals surface area contributed by atoms with Gasteiger partial charge in [0.05, 0.1) is 12.2 Å². The molecule has 2 N–H and O–H groups in total. The van der Waals surface area contributed by atoms with Crippen molar-refractivity contribution in [3.05, 3.63) is 65.7 Å². The Balaban J connectivity index is 1.58. The minimum absolute atomic E-state index is 0.372. The lowest BCUT2D eigenvalue weighted by Crippen LogP contribution is -2.38. The summed E-state index contributed by atoms with van der Waals surface area (Å²) >= 11 is 0. The highest BCUT2D eigenvalue weighted by molar-refractivity contribution is 5.40. The predicted octanol–water partition coefficient (Wildman–Crippen LogP) is 2.30. The van der Waals surface area contributed by atoms with Crippen molar-refractivity contribution in [1.29, 1.82) is 0 Å². The molecule has 1 aliphatic carbocycles. The number of rotatable bonds is 4. The number of aryl methyl sites for hydroxylation is 1. The van der Waals surface area contributed by atoms with Crippen LogP contribution in [0, 0.1) is 0 Å². The van der Waals surface area contributed by atoms with E-state index < -0.39 is 5.60 Å². The molecule has 6 heteroatoms. The lowest BCUT2D eigenvalue weighted by Gasteiger charge is -2.34. The van der Waals surface area contributed by atoms with E-state index in [9.17, 15) is 5.11 Å². The highest BCUT2D eigenvalue weighted by Gasteiger charge is 2.34. The van der Waals surface area contributed by atoms with E-state index in [0.29, 0.717) is 12.5 Å². The molecule has 0 saturated heterocycles. The molecule has 0 fully saturated rings. The van der Waals surface area contributed by atoms with E-state index >= 15 is 0 Å². The maximum atomic E-state index is 11.1. The van der Waals surface area contributed by atoms with Crippen molar-refractivity contribution < 1.29 is 5.11 Å². The Morgan fingerprint density at radius 1 is 1.08 bits per heavy atom. The van der Waals surface area contributed by atoms with Gasteiger partial charge < -0.3 is 10.4 Å². The van der Waals surface area contributed by atoms with Crippen LogP contribution >= 0.6 is 0 Å². The van der Waals surface area contributed by atoms with Gasteiger partial charge in [0, 0.05) is 0 Å². The minimum Gasteiger partial charge on any atom is -0.383 e. The molecule has 1 aromatic heterocycles. The van der Waals surface area contributed by atoms with Crippen LogP contribution in [0.3, 0.4) is 0 Å². The third kappa shape index (κ3) is 2.65. The summed E-state index contributed by atoms with van der Waals surface area (Å²) in [5, 5.41) is 26.2. The molecule has 4 rings (SSSR count). The molecule has 24 heavy (non-hydrogen) atoms. The van der Waals surface area contributed by atoms with Crippen molar-refractivity contribution in [2.75, 3.05) is 11.9 Å². The van der Waals surface area contributed by atoms with Crippen LogP contribution in [-0.2, 0) is 12.0 Å². The Morgan fingerprint density at radius 3 is 2.75 bits per heavy atom. The lowest BCUT2D eigenvalue weighted by molar-refractivity contribution is 0.0321. The molecule has 0 amide bonds. The van der Waals surface area contributed by atoms with Crippen LogP contribution in [0.25, 0.3) is 5.69 Å². The zero-order valence-electron chi connectivity index (χ0n) is 13.3. The topological polar surface area (TPSA) is 75.9 Å². The average Bonchev–Trinajstić information content (AvgIpc) is 3.10. The van der Waals surface area contributed by atoms with Crippen molar-refractivity contribution >= 4 is 5.95 Å². The average molecular weight is 321 g/mol. The van der Waals surface area contributed by atoms with E-state index in [1.54, 1.807) is 4.68 Å². The van der Waals surface area contributed by atoms with E-state index in [4.69, 9.17) is 0 Å². The number of para-hydroxylation sites is 1. The van der Waals surface area contributed by atoms with Gasteiger partial charge in [-0.3, -0.25) is 0 Å². The standard InChI is InChI=1S/C18H19N5O/c24-18(12-6-8-14-7-4-5-11-16(14)18)13-19-17-20-21-22-23(17)15-9-2-1-3-10-15/h1-5,7,9-11,24H,6,8,12-13H2,(H,19,20,22). The van der Waals surface area contributed by atoms with E-state index in [1.165, 1.54) is 5.56 Å². The summed E-state index contributed by atoms with van der Waals surface area (Å²) in [7, 11) is 0. The fourth-order valence-corrected chi connectivity index (χ4v) is 3.35. The van der Waals surface area contributed by atoms with E-state index in [0.717, 1.165) is 30.5 Å². The molecule has 2 aromatic carbocycles. The van der Waals surface area contributed by atoms with Crippen LogP contribution in [0.15, 0.2) is 54.6 Å². The molecule has 122 valence electrons. The normalized spacial score (nSPS) is 19.7. The number of hydrogen-bond donors (Lipinski definition) is 2. The SMILES string of the molecule is OC1(CNc2nnnn2-c2ccccc2)CCCc2ccccc21. The summed E-state index contributed by atoms with van der Waals surface area (Å²) in [5.41, 5.74) is 2.20. The first-order valence-electron chi connectivity index (χ1n) is 8.15. The van der Waals surface area contributed by atoms with Gasteiger partial charge in [0.15, 0.2) is 0 Å². The number of fused-ring (bicyclic) bond motifs is 1. The molecule has 1 aliphatic rings. The van der Waals surface area contributed by atoms with Crippen molar-refractivity contribution in [2.45, 2.75) is 24.9 Å². The number of anilines is 1. The summed E-state index contributed by atoms with van der Waals surface area (Å²) in [6.07, 6.45) is 2.71. The second-order valence-corrected chi connectivity index (χ2v) is 6.15. The first-order chi connectivity index (χ1) is 11.8. The molecule has 6 nitrogen and oxygen atoms in total. The molecule has 1 heterocycles. The first-order valence-corrected chi connectivity index (χ1v) is 8.15. The highest BCUT2D eigenvalue weighted by atomic mass is 16.3. The van der Waals surface area contributed by atoms with Gasteiger partial charge in [-0.1, -0.05) is 47.6 Å². The molecule has 1 atom stereocenters. The molecule has 0 spiro atoms. The third-order valence-electron chi connectivity index (χ3n) is 4.56. The molecule has 3 aromatic rings. The van der Waals surface area contributed by atoms with E-state index in [-0.39, 0.29) is 0 Å². The van der Waals surface area contributed by atoms with Gasteiger partial charge in [0.2, 0.25) is 5.95 Å². The first kappa shape index (κ1) is 14.8. The van der Waals surface area contributed by atoms with Crippen LogP contribution in [0.5, 0.6) is 0 Å². The number of tetrazole rings is 1. The van der Waals surface area contributed by atoms with Gasteiger partial charge in [-0.15, -0.1) is 0 Å². The van der Waals surface area contributed by atoms with Crippen LogP contribution in [0.2, 0.25) is 0 Å². The van der Waals surface area contributed by atoms with Crippen molar-refractivity contribution in [1.82, 2.24) is 20.2 Å². The molecule has 1 unspecified atom stereocenters. The molecule has 0 aliphatic heterocycles. The van der Waals surface area contributed by atoms with Gasteiger partial charge in [-0.05, 0) is 52.9 Å². The highest BCUT2D eigenvalue weighted by Crippen LogP contribution is 2.35. The van der Waals surface area contributed by atoms with Gasteiger partial charge in [-0.25, -0.2) is 0 Å². The van der Waals surface area contributed by atoms with E-state index in [1.807, 2.05) is 48.5 Å². The maximum Gasteiger partial charge on any atom is 0.247 e. The van der Waals surface area contributed by atoms with Crippen LogP contribution < -0.4 is 5.32 Å². The Bertz CT molecular complexity index is 832. The summed E-state index contributed by atoms with van der Waals surface area (Å²) < 4.78 is 1.64. The smallest absolute Gasteiger partial charge is 0.247 e. The van der Waals surface area contributed by atoms with Crippen molar-refractivity contribution in [2.24, 2.45) is 0 Å². The van der Waals surface area contributed by atoms with Crippen LogP contribution in [0.4, 0.5) is 5.95 Å². The van der Waals surface area contributed by atoms with Crippen molar-refractivity contribution in [3.8, 4) is 5.69 Å². The summed E-state index contributed by atoms with van der Waals surface area (Å²) in [5.74, 6) is 0.526. The molecular formula is C18H19N5O. The van der Waals surface area contributed by atoms with Gasteiger partial charge in [0.25, 0.3) is 0 Å². The van der Waals surface area contributed by atoms with Crippen LogP contribution in [0.1, 0.15) is 24.0 Å². The third-order valence-corrected chi connectivity index (χ3v) is 4.56. The molecule has 0 saturated carbocycles. The predicted molar refractivity (Wildman–Crippen MR) is 90.9 cm³/mol. The fraction of sp³-hybridized carbons (Fsp3) is 0.278. The van der Waals surface area contributed by atoms with Gasteiger partial charge >= 0.3 is 0 Å². The summed E-state index contributed by atoms with van der Waals surface area (Å²) in [6, 6.07) is 17.8. The van der Waals surface area contributed by atoms with E-state index in [2.05, 4.69) is 26.9 Å². The Labute approximate surface area is 140 Å². The second kappa shape index (κ2) is 6.05. The van der Waals surface area contributed by atoms with Gasteiger partial charge in [-0.2, -0.15) is 4.68 Å². The maximum absolute atomic E-state index is 11.1. The zero-order valence-corrected chi connectivity index (χ0v) is 13.3. The van der Waals surface area contributed by atoms with Gasteiger partial charge in [0.1, 0.15) is 5.60 Å². The number of hydrogen-bond acceptors (Lipinski definition) is 5. The lowest BCUT2D eigenvalue weighted by atomic mass is 9.79. The fourth-order valence-electron chi connectivity index (χ4n) is 3.35. The number of benzene rings is 2. The quantitative estimate of drug-likeness (QED) is 0.771. The number of aliphatic hydroxyl groups is 1. The van der Waals surface area contributed by atoms with Crippen LogP contribution in [-0.4, -0.2) is 31.9 Å². The molecule has 0 radical (unpaired) electrons. The Hall–Kier alpha value is -2.73. The Morgan fingerprint density at radius 2 is 1.88 bits per heavy atom. The minimum atomic E-state index is -0.900. The number of nitrogens with one attached hydrogen (secondary N) is 1. The Kier molecular flexibility index (Phi) is 3.74. The summed E-state index contributed by atoms with van der Waals surface area (Å²) in [6.45, 7) is 0.372. The number of nitrogens with zero attached hydrogens (tertiary/aromatic N) is 4. The van der Waals surface area contributed by atoms with Crippen molar-refractivity contribution in [3.63, 3.8) is 0 Å². The second-order valence-electron chi connectivity index (χ2n) is 6.15. The zero-order chi connectivity index (χ0) is 16.4.